The van der Waals surface area contributed by atoms with Crippen molar-refractivity contribution in [1.29, 1.82) is 0 Å². The standard InChI is InChI=1S/C28H34O15/c1-10-21(33)23(35)25(37)27(39-10)43-26-24(36)22(34)19(9-29)42-28(26)40-12-6-14(31)20-15(32)8-17(41-18(20)7-12)11-3-4-16(38-2)13(30)5-11/h3-7,10,17,19,21-31,33-37H,8-9H2,1-2H3/t10-,17+,19-,21+,22+,23-,24+,25+,26+,27+,28-/m1/s1. The van der Waals surface area contributed by atoms with Crippen LogP contribution < -0.4 is 14.2 Å². The highest BCUT2D eigenvalue weighted by Gasteiger charge is 2.51. The summed E-state index contributed by atoms with van der Waals surface area (Å²) in [5.74, 6) is -1.06. The molecule has 2 fully saturated rings. The Kier molecular flexibility index (Phi) is 8.99. The molecule has 0 unspecified atom stereocenters. The fraction of sp³-hybridized carbons (Fsp3) is 0.536. The first-order valence-corrected chi connectivity index (χ1v) is 13.5. The number of carbonyl (C=O) groups excluding carboxylic acids is 1. The number of benzene rings is 2. The highest BCUT2D eigenvalue weighted by molar-refractivity contribution is 6.02. The van der Waals surface area contributed by atoms with Crippen LogP contribution in [0.15, 0.2) is 30.3 Å². The van der Waals surface area contributed by atoms with Crippen LogP contribution in [-0.2, 0) is 14.2 Å². The summed E-state index contributed by atoms with van der Waals surface area (Å²) in [6.07, 6.45) is -16.3. The zero-order valence-electron chi connectivity index (χ0n) is 23.1. The Morgan fingerprint density at radius 2 is 1.63 bits per heavy atom. The largest absolute Gasteiger partial charge is 0.507 e. The van der Waals surface area contributed by atoms with Gasteiger partial charge in [0.25, 0.3) is 0 Å². The van der Waals surface area contributed by atoms with Crippen LogP contribution in [0.5, 0.6) is 28.7 Å². The molecular weight excluding hydrogens is 576 g/mol. The topological polar surface area (TPSA) is 234 Å². The van der Waals surface area contributed by atoms with Crippen LogP contribution in [0.4, 0.5) is 0 Å². The van der Waals surface area contributed by atoms with E-state index in [0.29, 0.717) is 5.56 Å². The molecule has 5 rings (SSSR count). The van der Waals surface area contributed by atoms with Gasteiger partial charge in [-0.3, -0.25) is 4.79 Å². The Morgan fingerprint density at radius 3 is 2.30 bits per heavy atom. The van der Waals surface area contributed by atoms with E-state index < -0.39 is 85.7 Å². The van der Waals surface area contributed by atoms with E-state index in [1.165, 1.54) is 32.2 Å². The average Bonchev–Trinajstić information content (AvgIpc) is 2.97. The SMILES string of the molecule is COc1ccc([C@@H]2CC(=O)c3c(O)cc(O[C@@H]4O[C@H](CO)[C@H](O)[C@H](O)[C@@H]4O[C@@H]4O[C@H](C)[C@H](O)[C@@H](O)[C@@H]4O)cc3O2)cc1O. The van der Waals surface area contributed by atoms with Crippen molar-refractivity contribution in [3.05, 3.63) is 41.5 Å². The highest BCUT2D eigenvalue weighted by atomic mass is 16.8. The molecule has 0 aromatic heterocycles. The van der Waals surface area contributed by atoms with Crippen LogP contribution in [0.25, 0.3) is 0 Å². The molecule has 0 amide bonds. The lowest BCUT2D eigenvalue weighted by Gasteiger charge is -2.45. The lowest BCUT2D eigenvalue weighted by molar-refractivity contribution is -0.354. The monoisotopic (exact) mass is 610 g/mol. The quantitative estimate of drug-likeness (QED) is 0.185. The van der Waals surface area contributed by atoms with Crippen molar-refractivity contribution in [2.45, 2.75) is 80.9 Å². The van der Waals surface area contributed by atoms with E-state index in [-0.39, 0.29) is 35.0 Å². The fourth-order valence-corrected chi connectivity index (χ4v) is 5.29. The predicted octanol–water partition coefficient (Wildman–Crippen LogP) is -1.16. The van der Waals surface area contributed by atoms with E-state index in [1.807, 2.05) is 0 Å². The summed E-state index contributed by atoms with van der Waals surface area (Å²) in [6.45, 7) is 0.699. The van der Waals surface area contributed by atoms with Crippen molar-refractivity contribution in [3.8, 4) is 28.7 Å². The van der Waals surface area contributed by atoms with Gasteiger partial charge in [0, 0.05) is 12.1 Å². The zero-order valence-corrected chi connectivity index (χ0v) is 23.1. The maximum atomic E-state index is 13.0. The van der Waals surface area contributed by atoms with Crippen molar-refractivity contribution >= 4 is 5.78 Å². The molecule has 0 saturated carbocycles. The van der Waals surface area contributed by atoms with Gasteiger partial charge in [0.1, 0.15) is 65.5 Å². The van der Waals surface area contributed by atoms with Crippen molar-refractivity contribution in [2.24, 2.45) is 0 Å². The molecule has 43 heavy (non-hydrogen) atoms. The molecule has 3 heterocycles. The van der Waals surface area contributed by atoms with Gasteiger partial charge in [0.05, 0.1) is 26.2 Å². The predicted molar refractivity (Wildman–Crippen MR) is 141 cm³/mol. The number of ether oxygens (including phenoxy) is 6. The Hall–Kier alpha value is -3.25. The van der Waals surface area contributed by atoms with Crippen molar-refractivity contribution in [2.75, 3.05) is 13.7 Å². The minimum absolute atomic E-state index is 0.0592. The van der Waals surface area contributed by atoms with Gasteiger partial charge >= 0.3 is 0 Å². The molecule has 236 valence electrons. The fourth-order valence-electron chi connectivity index (χ4n) is 5.29. The number of fused-ring (bicyclic) bond motifs is 1. The number of phenolic OH excluding ortho intramolecular Hbond substituents is 2. The Bertz CT molecular complexity index is 1320. The van der Waals surface area contributed by atoms with Crippen molar-refractivity contribution < 1.29 is 74.1 Å². The molecule has 15 nitrogen and oxygen atoms in total. The molecule has 2 aromatic rings. The molecule has 3 aliphatic rings. The van der Waals surface area contributed by atoms with Gasteiger partial charge in [-0.15, -0.1) is 0 Å². The van der Waals surface area contributed by atoms with Crippen LogP contribution in [0.3, 0.4) is 0 Å². The number of hydrogen-bond acceptors (Lipinski definition) is 15. The third-order valence-corrected chi connectivity index (χ3v) is 7.72. The van der Waals surface area contributed by atoms with Gasteiger partial charge in [-0.1, -0.05) is 6.07 Å². The summed E-state index contributed by atoms with van der Waals surface area (Å²) in [4.78, 5) is 13.0. The summed E-state index contributed by atoms with van der Waals surface area (Å²) in [6, 6.07) is 6.89. The van der Waals surface area contributed by atoms with E-state index in [9.17, 15) is 45.6 Å². The van der Waals surface area contributed by atoms with Crippen LogP contribution >= 0.6 is 0 Å². The summed E-state index contributed by atoms with van der Waals surface area (Å²) in [7, 11) is 1.39. The number of aromatic hydroxyl groups is 2. The van der Waals surface area contributed by atoms with Gasteiger partial charge in [-0.05, 0) is 24.6 Å². The second-order valence-corrected chi connectivity index (χ2v) is 10.6. The minimum Gasteiger partial charge on any atom is -0.507 e. The smallest absolute Gasteiger partial charge is 0.229 e. The third kappa shape index (κ3) is 5.95. The molecule has 0 radical (unpaired) electrons. The normalized spacial score (nSPS) is 36.0. The van der Waals surface area contributed by atoms with E-state index in [2.05, 4.69) is 0 Å². The molecule has 11 atom stereocenters. The summed E-state index contributed by atoms with van der Waals surface area (Å²) >= 11 is 0. The summed E-state index contributed by atoms with van der Waals surface area (Å²) in [5.41, 5.74) is 0.352. The maximum Gasteiger partial charge on any atom is 0.229 e. The number of aliphatic hydroxyl groups excluding tert-OH is 6. The Morgan fingerprint density at radius 1 is 0.884 bits per heavy atom. The molecule has 0 aliphatic carbocycles. The first-order valence-electron chi connectivity index (χ1n) is 13.5. The number of methoxy groups -OCH3 is 1. The van der Waals surface area contributed by atoms with Gasteiger partial charge < -0.3 is 69.3 Å². The van der Waals surface area contributed by atoms with E-state index in [0.717, 1.165) is 6.07 Å². The van der Waals surface area contributed by atoms with Crippen molar-refractivity contribution in [1.82, 2.24) is 0 Å². The average molecular weight is 611 g/mol. The van der Waals surface area contributed by atoms with Crippen LogP contribution in [0.1, 0.15) is 35.4 Å². The molecule has 2 aromatic carbocycles. The van der Waals surface area contributed by atoms with E-state index in [4.69, 9.17) is 28.4 Å². The van der Waals surface area contributed by atoms with Gasteiger partial charge in [-0.25, -0.2) is 0 Å². The molecule has 3 aliphatic heterocycles. The van der Waals surface area contributed by atoms with Crippen LogP contribution in [-0.4, -0.2) is 122 Å². The van der Waals surface area contributed by atoms with Crippen molar-refractivity contribution in [3.63, 3.8) is 0 Å². The number of rotatable bonds is 7. The number of ketones is 1. The lowest BCUT2D eigenvalue weighted by atomic mass is 9.95. The van der Waals surface area contributed by atoms with Crippen LogP contribution in [0.2, 0.25) is 0 Å². The second-order valence-electron chi connectivity index (χ2n) is 10.6. The number of carbonyl (C=O) groups is 1. The van der Waals surface area contributed by atoms with Crippen LogP contribution in [0, 0.1) is 0 Å². The number of aliphatic hydroxyl groups is 6. The zero-order chi connectivity index (χ0) is 31.2. The molecule has 0 spiro atoms. The molecule has 2 saturated heterocycles. The molecule has 8 N–H and O–H groups in total. The highest BCUT2D eigenvalue weighted by Crippen LogP contribution is 2.43. The van der Waals surface area contributed by atoms with E-state index >= 15 is 0 Å². The first-order chi connectivity index (χ1) is 20.4. The van der Waals surface area contributed by atoms with Gasteiger partial charge in [-0.2, -0.15) is 0 Å². The van der Waals surface area contributed by atoms with Gasteiger partial charge in [0.2, 0.25) is 6.29 Å². The minimum atomic E-state index is -1.76. The number of Topliss-reactive ketones (excluding diaryl/α,β-unsaturated/α-hetero) is 1. The third-order valence-electron chi connectivity index (χ3n) is 7.72. The molecule has 15 heteroatoms. The molecular formula is C28H34O15. The maximum absolute atomic E-state index is 13.0. The lowest BCUT2D eigenvalue weighted by Crippen LogP contribution is -2.64. The van der Waals surface area contributed by atoms with E-state index in [1.54, 1.807) is 6.07 Å². The second kappa shape index (κ2) is 12.4. The molecule has 0 bridgehead atoms. The Balaban J connectivity index is 1.41. The summed E-state index contributed by atoms with van der Waals surface area (Å²) < 4.78 is 33.7. The number of phenols is 2. The van der Waals surface area contributed by atoms with Gasteiger partial charge in [0.15, 0.2) is 29.7 Å². The summed E-state index contributed by atoms with van der Waals surface area (Å²) in [5, 5.41) is 82.4. The Labute approximate surface area is 245 Å². The number of hydrogen-bond donors (Lipinski definition) is 8. The first kappa shape index (κ1) is 31.2.